The van der Waals surface area contributed by atoms with Crippen molar-refractivity contribution >= 4 is 11.9 Å². The fourth-order valence-electron chi connectivity index (χ4n) is 7.39. The zero-order chi connectivity index (χ0) is 30.5. The Morgan fingerprint density at radius 2 is 2.02 bits per heavy atom. The van der Waals surface area contributed by atoms with Crippen LogP contribution < -0.4 is 15.8 Å². The summed E-state index contributed by atoms with van der Waals surface area (Å²) in [6.45, 7) is 6.41. The molecular formula is C33H39N3O7. The molecule has 1 spiro atoms. The number of nitrogens with two attached hydrogens (primary N) is 1. The number of aromatic hydroxyl groups is 1. The summed E-state index contributed by atoms with van der Waals surface area (Å²) in [6, 6.07) is 12.9. The molecule has 4 aliphatic rings. The Labute approximate surface area is 251 Å². The van der Waals surface area contributed by atoms with Crippen LogP contribution in [0.3, 0.4) is 0 Å². The van der Waals surface area contributed by atoms with E-state index in [4.69, 9.17) is 19.9 Å². The van der Waals surface area contributed by atoms with E-state index in [-0.39, 0.29) is 43.0 Å². The first-order valence-electron chi connectivity index (χ1n) is 14.8. The van der Waals surface area contributed by atoms with Crippen LogP contribution in [0.4, 0.5) is 0 Å². The van der Waals surface area contributed by atoms with Crippen LogP contribution in [0.15, 0.2) is 66.6 Å². The van der Waals surface area contributed by atoms with Crippen molar-refractivity contribution in [3.8, 4) is 11.5 Å². The molecule has 43 heavy (non-hydrogen) atoms. The van der Waals surface area contributed by atoms with E-state index in [0.29, 0.717) is 37.3 Å². The third-order valence-electron chi connectivity index (χ3n) is 9.64. The van der Waals surface area contributed by atoms with Crippen LogP contribution >= 0.6 is 0 Å². The highest BCUT2D eigenvalue weighted by Gasteiger charge is 2.72. The third-order valence-corrected chi connectivity index (χ3v) is 9.64. The van der Waals surface area contributed by atoms with Gasteiger partial charge in [-0.05, 0) is 63.0 Å². The largest absolute Gasteiger partial charge is 0.504 e. The lowest BCUT2D eigenvalue weighted by atomic mass is 9.50. The highest BCUT2D eigenvalue weighted by Crippen LogP contribution is 2.65. The molecule has 2 heterocycles. The first-order chi connectivity index (χ1) is 20.5. The standard InChI is InChI=1S/C33H39N3O7/c1-19(23(34)17-21-7-5-4-6-8-21)35-15-12-27(38)41-20(2)31(39)42-25-11-13-33(40)26-18-22-9-10-24(37)29-28(22)32(33,30(25)43-29)14-16-36(26)3/h4-11,20,23,26,30,35,37,40H,1,12-18,34H2,2-3H3/t20-,23-,26+,30-,32-,33+/m0/s1. The zero-order valence-corrected chi connectivity index (χ0v) is 24.5. The molecule has 0 aromatic heterocycles. The van der Waals surface area contributed by atoms with Gasteiger partial charge in [0.15, 0.2) is 23.7 Å². The molecule has 6 atom stereocenters. The summed E-state index contributed by atoms with van der Waals surface area (Å²) in [5.74, 6) is -0.725. The molecule has 6 rings (SSSR count). The first kappa shape index (κ1) is 29.2. The van der Waals surface area contributed by atoms with Gasteiger partial charge in [0.1, 0.15) is 5.76 Å². The molecule has 10 nitrogen and oxygen atoms in total. The molecule has 10 heteroatoms. The molecular weight excluding hydrogens is 550 g/mol. The molecule has 5 N–H and O–H groups in total. The number of carbonyl (C=O) groups excluding carboxylic acids is 2. The topological polar surface area (TPSA) is 144 Å². The average molecular weight is 590 g/mol. The number of piperidine rings is 1. The van der Waals surface area contributed by atoms with E-state index in [9.17, 15) is 19.8 Å². The molecule has 228 valence electrons. The number of likely N-dealkylation sites (tertiary alicyclic amines) is 1. The number of nitrogens with one attached hydrogen (secondary N) is 1. The number of rotatable bonds is 10. The summed E-state index contributed by atoms with van der Waals surface area (Å²) in [4.78, 5) is 27.8. The number of likely N-dealkylation sites (N-methyl/N-ethyl adjacent to an activating group) is 1. The summed E-state index contributed by atoms with van der Waals surface area (Å²) in [6.07, 6.45) is 1.81. The van der Waals surface area contributed by atoms with Gasteiger partial charge < -0.3 is 40.4 Å². The van der Waals surface area contributed by atoms with Gasteiger partial charge in [-0.15, -0.1) is 0 Å². The van der Waals surface area contributed by atoms with Crippen LogP contribution in [0.5, 0.6) is 11.5 Å². The van der Waals surface area contributed by atoms with Crippen molar-refractivity contribution < 1.29 is 34.0 Å². The molecule has 0 saturated carbocycles. The van der Waals surface area contributed by atoms with Gasteiger partial charge in [-0.1, -0.05) is 43.0 Å². The summed E-state index contributed by atoms with van der Waals surface area (Å²) in [7, 11) is 2.01. The Hall–Kier alpha value is -3.86. The van der Waals surface area contributed by atoms with Crippen LogP contribution in [-0.2, 0) is 37.3 Å². The Bertz CT molecular complexity index is 1480. The molecule has 1 fully saturated rings. The normalized spacial score (nSPS) is 28.0. The van der Waals surface area contributed by atoms with Gasteiger partial charge in [-0.3, -0.25) is 4.79 Å². The smallest absolute Gasteiger partial charge is 0.352 e. The van der Waals surface area contributed by atoms with Crippen molar-refractivity contribution in [2.24, 2.45) is 5.73 Å². The number of benzene rings is 2. The van der Waals surface area contributed by atoms with Crippen LogP contribution in [-0.4, -0.2) is 77.1 Å². The Morgan fingerprint density at radius 1 is 1.26 bits per heavy atom. The van der Waals surface area contributed by atoms with E-state index in [1.807, 2.05) is 43.4 Å². The minimum absolute atomic E-state index is 0.00550. The molecule has 2 bridgehead atoms. The van der Waals surface area contributed by atoms with Crippen molar-refractivity contribution in [1.82, 2.24) is 10.2 Å². The van der Waals surface area contributed by atoms with Gasteiger partial charge in [0.25, 0.3) is 0 Å². The Morgan fingerprint density at radius 3 is 2.79 bits per heavy atom. The van der Waals surface area contributed by atoms with E-state index >= 15 is 0 Å². The zero-order valence-electron chi connectivity index (χ0n) is 24.5. The second kappa shape index (κ2) is 11.0. The third kappa shape index (κ3) is 4.77. The number of hydrogen-bond acceptors (Lipinski definition) is 10. The first-order valence-corrected chi connectivity index (χ1v) is 14.8. The predicted octanol–water partition coefficient (Wildman–Crippen LogP) is 2.21. The van der Waals surface area contributed by atoms with Crippen molar-refractivity contribution in [2.75, 3.05) is 20.1 Å². The second-order valence-electron chi connectivity index (χ2n) is 12.2. The van der Waals surface area contributed by atoms with Gasteiger partial charge in [-0.25, -0.2) is 4.79 Å². The van der Waals surface area contributed by atoms with Crippen molar-refractivity contribution in [3.05, 3.63) is 83.3 Å². The maximum absolute atomic E-state index is 13.1. The van der Waals surface area contributed by atoms with Crippen molar-refractivity contribution in [1.29, 1.82) is 0 Å². The summed E-state index contributed by atoms with van der Waals surface area (Å²) < 4.78 is 17.5. The fraction of sp³-hybridized carbons (Fsp3) is 0.455. The van der Waals surface area contributed by atoms with E-state index < -0.39 is 35.2 Å². The molecule has 2 aromatic carbocycles. The summed E-state index contributed by atoms with van der Waals surface area (Å²) >= 11 is 0. The van der Waals surface area contributed by atoms with Gasteiger partial charge in [-0.2, -0.15) is 0 Å². The van der Waals surface area contributed by atoms with Gasteiger partial charge >= 0.3 is 11.9 Å². The number of esters is 2. The second-order valence-corrected chi connectivity index (χ2v) is 12.2. The minimum atomic E-state index is -1.17. The molecule has 0 unspecified atom stereocenters. The Kier molecular flexibility index (Phi) is 7.48. The summed E-state index contributed by atoms with van der Waals surface area (Å²) in [5, 5.41) is 26.0. The number of carbonyl (C=O) groups is 2. The maximum atomic E-state index is 13.1. The number of phenolic OH excluding ortho intramolecular Hbond substituents is 1. The van der Waals surface area contributed by atoms with Crippen LogP contribution in [0, 0.1) is 0 Å². The van der Waals surface area contributed by atoms with Gasteiger partial charge in [0.2, 0.25) is 0 Å². The predicted molar refractivity (Wildman–Crippen MR) is 158 cm³/mol. The van der Waals surface area contributed by atoms with Crippen LogP contribution in [0.1, 0.15) is 42.9 Å². The highest BCUT2D eigenvalue weighted by atomic mass is 16.6. The quantitative estimate of drug-likeness (QED) is 0.305. The monoisotopic (exact) mass is 589 g/mol. The Balaban J connectivity index is 1.07. The van der Waals surface area contributed by atoms with E-state index in [2.05, 4.69) is 16.8 Å². The lowest BCUT2D eigenvalue weighted by Crippen LogP contribution is -2.74. The lowest BCUT2D eigenvalue weighted by molar-refractivity contribution is -0.175. The molecule has 2 aliphatic heterocycles. The van der Waals surface area contributed by atoms with Crippen molar-refractivity contribution in [2.45, 2.75) is 74.3 Å². The van der Waals surface area contributed by atoms with E-state index in [1.54, 1.807) is 12.1 Å². The maximum Gasteiger partial charge on any atom is 0.352 e. The van der Waals surface area contributed by atoms with Crippen LogP contribution in [0.2, 0.25) is 0 Å². The van der Waals surface area contributed by atoms with E-state index in [0.717, 1.165) is 16.7 Å². The van der Waals surface area contributed by atoms with Crippen LogP contribution in [0.25, 0.3) is 0 Å². The number of hydrogen-bond donors (Lipinski definition) is 4. The number of phenols is 1. The van der Waals surface area contributed by atoms with E-state index in [1.165, 1.54) is 6.92 Å². The number of ether oxygens (including phenoxy) is 3. The van der Waals surface area contributed by atoms with Gasteiger partial charge in [0, 0.05) is 36.3 Å². The number of nitrogens with zero attached hydrogens (tertiary/aromatic N) is 1. The molecule has 0 amide bonds. The number of aliphatic hydroxyl groups is 1. The SMILES string of the molecule is C=C(NCCC(=O)O[C@@H](C)C(=O)OC1=CC[C@@]2(O)[C@H]3Cc4ccc(O)c5c4[C@@]2(CCN3C)[C@H]1O5)[C@@H](N)Cc1ccccc1. The lowest BCUT2D eigenvalue weighted by Gasteiger charge is -2.61. The minimum Gasteiger partial charge on any atom is -0.504 e. The van der Waals surface area contributed by atoms with Gasteiger partial charge in [0.05, 0.1) is 17.4 Å². The highest BCUT2D eigenvalue weighted by molar-refractivity contribution is 5.80. The van der Waals surface area contributed by atoms with Crippen molar-refractivity contribution in [3.63, 3.8) is 0 Å². The molecule has 1 saturated heterocycles. The molecule has 2 aromatic rings. The molecule has 2 aliphatic carbocycles. The fourth-order valence-corrected chi connectivity index (χ4v) is 7.39. The summed E-state index contributed by atoms with van der Waals surface area (Å²) in [5.41, 5.74) is 7.72. The molecule has 0 radical (unpaired) electrons. The average Bonchev–Trinajstić information content (AvgIpc) is 3.34.